The topological polar surface area (TPSA) is 44.2 Å². The van der Waals surface area contributed by atoms with E-state index in [-0.39, 0.29) is 0 Å². The van der Waals surface area contributed by atoms with Crippen molar-refractivity contribution in [1.29, 1.82) is 0 Å². The van der Waals surface area contributed by atoms with E-state index in [1.54, 1.807) is 36.9 Å². The molecule has 0 amide bonds. The van der Waals surface area contributed by atoms with Gasteiger partial charge in [0.05, 0.1) is 37.0 Å². The quantitative estimate of drug-likeness (QED) is 0.166. The van der Waals surface area contributed by atoms with E-state index in [0.29, 0.717) is 0 Å². The van der Waals surface area contributed by atoms with Gasteiger partial charge in [-0.25, -0.2) is 9.97 Å². The Morgan fingerprint density at radius 1 is 0.269 bits per heavy atom. The Hall–Kier alpha value is -7.28. The summed E-state index contributed by atoms with van der Waals surface area (Å²) >= 11 is 11.0. The number of hydrogen-bond acceptors (Lipinski definition) is 10. The van der Waals surface area contributed by atoms with E-state index in [1.165, 1.54) is 91.5 Å². The molecular weight excluding hydrogens is 1070 g/mol. The van der Waals surface area contributed by atoms with Gasteiger partial charge in [-0.2, -0.15) is 0 Å². The van der Waals surface area contributed by atoms with Crippen molar-refractivity contribution in [3.63, 3.8) is 0 Å². The van der Waals surface area contributed by atoms with Crippen LogP contribution >= 0.6 is 68.0 Å². The Morgan fingerprint density at radius 2 is 0.500 bits per heavy atom. The highest BCUT2D eigenvalue weighted by Crippen LogP contribution is 2.45. The minimum absolute atomic E-state index is 0.813. The zero-order chi connectivity index (χ0) is 53.3. The molecule has 13 rings (SSSR count). The fourth-order valence-electron chi connectivity index (χ4n) is 11.2. The molecule has 2 aliphatic heterocycles. The predicted octanol–water partition coefficient (Wildman–Crippen LogP) is 21.8. The molecule has 0 fully saturated rings. The van der Waals surface area contributed by atoms with Crippen LogP contribution in [0.5, 0.6) is 11.5 Å². The van der Waals surface area contributed by atoms with Crippen molar-refractivity contribution in [3.8, 4) is 56.0 Å². The van der Waals surface area contributed by atoms with E-state index in [4.69, 9.17) is 19.4 Å². The van der Waals surface area contributed by atoms with Crippen LogP contribution in [-0.2, 0) is 0 Å². The molecule has 0 saturated heterocycles. The third-order valence-electron chi connectivity index (χ3n) is 14.5. The second-order valence-corrected chi connectivity index (χ2v) is 26.4. The molecule has 0 N–H and O–H groups in total. The smallest absolute Gasteiger partial charge is 0.118 e. The van der Waals surface area contributed by atoms with Crippen LogP contribution in [0.2, 0.25) is 0 Å². The molecule has 0 unspecified atom stereocenters. The van der Waals surface area contributed by atoms with E-state index in [9.17, 15) is 0 Å². The number of methoxy groups -OCH3 is 2. The average molecular weight is 1120 g/mol. The van der Waals surface area contributed by atoms with E-state index >= 15 is 0 Å². The molecule has 0 radical (unpaired) electrons. The highest BCUT2D eigenvalue weighted by Gasteiger charge is 2.21. The summed E-state index contributed by atoms with van der Waals surface area (Å²) in [5, 5.41) is 0. The van der Waals surface area contributed by atoms with Crippen LogP contribution in [0.3, 0.4) is 0 Å². The Labute approximate surface area is 477 Å². The second kappa shape index (κ2) is 20.5. The first-order chi connectivity index (χ1) is 38.0. The maximum atomic E-state index is 5.67. The number of nitrogens with zero attached hydrogens (tertiary/aromatic N) is 2. The fraction of sp³-hybridized carbons (Fsp3) is 0.118. The van der Waals surface area contributed by atoms with Crippen LogP contribution in [0.1, 0.15) is 56.2 Å². The van der Waals surface area contributed by atoms with Crippen LogP contribution in [0.15, 0.2) is 146 Å². The van der Waals surface area contributed by atoms with Crippen LogP contribution in [-0.4, -0.2) is 24.2 Å². The van der Waals surface area contributed by atoms with Gasteiger partial charge in [0.15, 0.2) is 0 Å². The van der Waals surface area contributed by atoms with Crippen LogP contribution in [0.4, 0.5) is 0 Å². The molecule has 78 heavy (non-hydrogen) atoms. The van der Waals surface area contributed by atoms with Crippen molar-refractivity contribution in [1.82, 2.24) is 9.97 Å². The van der Waals surface area contributed by atoms with E-state index in [2.05, 4.69) is 187 Å². The number of ether oxygens (including phenoxy) is 2. The Bertz CT molecular complexity index is 4310. The monoisotopic (exact) mass is 1120 g/mol. The van der Waals surface area contributed by atoms with Crippen LogP contribution in [0.25, 0.3) is 125 Å². The maximum Gasteiger partial charge on any atom is 0.118 e. The van der Waals surface area contributed by atoms with Gasteiger partial charge >= 0.3 is 0 Å². The number of aromatic nitrogens is 2. The van der Waals surface area contributed by atoms with Crippen LogP contribution < -0.4 is 9.47 Å². The van der Waals surface area contributed by atoms with Gasteiger partial charge in [0.2, 0.25) is 0 Å². The number of thiophene rings is 6. The number of benzene rings is 4. The highest BCUT2D eigenvalue weighted by atomic mass is 32.1. The van der Waals surface area contributed by atoms with Crippen molar-refractivity contribution >= 4 is 149 Å². The fourth-order valence-corrected chi connectivity index (χ4v) is 17.8. The first-order valence-corrected chi connectivity index (χ1v) is 30.7. The molecule has 2 aliphatic rings. The third kappa shape index (κ3) is 9.24. The lowest BCUT2D eigenvalue weighted by atomic mass is 9.93. The molecule has 0 saturated carbocycles. The van der Waals surface area contributed by atoms with Crippen molar-refractivity contribution < 1.29 is 9.47 Å². The lowest BCUT2D eigenvalue weighted by molar-refractivity contribution is 0.415. The Kier molecular flexibility index (Phi) is 13.2. The van der Waals surface area contributed by atoms with Gasteiger partial charge in [-0.15, -0.1) is 68.0 Å². The van der Waals surface area contributed by atoms with Gasteiger partial charge in [-0.3, -0.25) is 0 Å². The minimum Gasteiger partial charge on any atom is -0.497 e. The van der Waals surface area contributed by atoms with Gasteiger partial charge in [0.25, 0.3) is 0 Å². The van der Waals surface area contributed by atoms with Crippen molar-refractivity contribution in [2.75, 3.05) is 14.2 Å². The average Bonchev–Trinajstić information content (AvgIpc) is 4.43. The molecule has 9 heterocycles. The maximum absolute atomic E-state index is 5.67. The van der Waals surface area contributed by atoms with Gasteiger partial charge in [-0.1, -0.05) is 59.7 Å². The van der Waals surface area contributed by atoms with E-state index < -0.39 is 0 Å². The van der Waals surface area contributed by atoms with Crippen molar-refractivity contribution in [3.05, 3.63) is 202 Å². The van der Waals surface area contributed by atoms with Gasteiger partial charge in [0, 0.05) is 78.7 Å². The Balaban J connectivity index is 1.15. The lowest BCUT2D eigenvalue weighted by Crippen LogP contribution is -1.93. The molecule has 4 aromatic carbocycles. The summed E-state index contributed by atoms with van der Waals surface area (Å²) in [6.45, 7) is 13.3. The summed E-state index contributed by atoms with van der Waals surface area (Å²) in [4.78, 5) is 11.3. The first-order valence-electron chi connectivity index (χ1n) is 25.8. The molecule has 7 aromatic heterocycles. The first kappa shape index (κ1) is 50.2. The molecule has 11 aromatic rings. The number of fused-ring (bicyclic) bond motifs is 20. The zero-order valence-corrected chi connectivity index (χ0v) is 49.2. The molecular formula is C68H52N2O2S6. The summed E-state index contributed by atoms with van der Waals surface area (Å²) in [6.07, 6.45) is 8.87. The molecule has 16 bridgehead atoms. The lowest BCUT2D eigenvalue weighted by Gasteiger charge is -2.13. The van der Waals surface area contributed by atoms with Crippen molar-refractivity contribution in [2.24, 2.45) is 0 Å². The number of aryl methyl sites for hydroxylation is 6. The SMILES string of the molecule is COc1ccc(-c2c3nc(c(-c4c(C)cc(C)cc4C)c4ccc(s4)c4ccc(s4)c4ccc(s4)c4ccc(s4)c(-c4c(C)cc(C)cc4C)c4nc(c(-c5ccc(OC)cc5)c5ccc(s5)c5ccc2s5)C=C4)C=C3)cc1. The largest absolute Gasteiger partial charge is 0.497 e. The predicted molar refractivity (Wildman–Crippen MR) is 346 cm³/mol. The molecule has 382 valence electrons. The third-order valence-corrected chi connectivity index (χ3v) is 21.9. The van der Waals surface area contributed by atoms with Gasteiger partial charge in [-0.05, 0) is 207 Å². The summed E-state index contributed by atoms with van der Waals surface area (Å²) < 4.78 is 25.9. The second-order valence-electron chi connectivity index (χ2n) is 19.9. The molecule has 0 spiro atoms. The molecule has 4 nitrogen and oxygen atoms in total. The van der Waals surface area contributed by atoms with E-state index in [1.807, 2.05) is 69.6 Å². The zero-order valence-electron chi connectivity index (χ0n) is 44.3. The normalized spacial score (nSPS) is 12.0. The summed E-state index contributed by atoms with van der Waals surface area (Å²) in [5.74, 6) is 1.63. The molecule has 10 heteroatoms. The Morgan fingerprint density at radius 3 is 0.769 bits per heavy atom. The summed E-state index contributed by atoms with van der Waals surface area (Å²) in [5.41, 5.74) is 20.4. The highest BCUT2D eigenvalue weighted by molar-refractivity contribution is 7.35. The summed E-state index contributed by atoms with van der Waals surface area (Å²) in [6, 6.07) is 53.5. The molecule has 0 aliphatic carbocycles. The van der Waals surface area contributed by atoms with Crippen molar-refractivity contribution in [2.45, 2.75) is 41.5 Å². The number of hydrogen-bond donors (Lipinski definition) is 0. The number of rotatable bonds is 6. The van der Waals surface area contributed by atoms with E-state index in [0.717, 1.165) is 77.1 Å². The van der Waals surface area contributed by atoms with Gasteiger partial charge < -0.3 is 9.47 Å². The minimum atomic E-state index is 0.813. The van der Waals surface area contributed by atoms with Gasteiger partial charge in [0.1, 0.15) is 11.5 Å². The standard InChI is InChI=1S/C68H52N2O2S6/c1-37-33-39(3)63(40(4)34-37)67-49-19-17-47(69-49)65(43-9-13-45(71-7)14-10-43)59-29-25-57(75-59)58-26-30-60(76-58)66(44-11-15-46(72-8)16-12-44)48-18-20-50(70-48)68(64-41(5)35-38(2)36-42(64)6)62-32-28-56(78-62)54-24-22-52(74-54)51-21-23-53(73-51)55-27-31-61(67)77-55/h9-36H,1-8H3. The summed E-state index contributed by atoms with van der Waals surface area (Å²) in [7, 11) is 3.43. The van der Waals surface area contributed by atoms with Crippen LogP contribution in [0, 0.1) is 41.5 Å². The molecule has 0 atom stereocenters.